The highest BCUT2D eigenvalue weighted by Crippen LogP contribution is 2.23. The van der Waals surface area contributed by atoms with Crippen LogP contribution in [0.25, 0.3) is 10.8 Å². The number of aldehydes is 1. The van der Waals surface area contributed by atoms with Crippen molar-refractivity contribution >= 4 is 17.1 Å². The van der Waals surface area contributed by atoms with Crippen molar-refractivity contribution in [1.82, 2.24) is 0 Å². The van der Waals surface area contributed by atoms with Gasteiger partial charge >= 0.3 is 0 Å². The fourth-order valence-corrected chi connectivity index (χ4v) is 1.57. The van der Waals surface area contributed by atoms with Crippen LogP contribution >= 0.6 is 0 Å². The van der Waals surface area contributed by atoms with E-state index in [0.717, 1.165) is 10.8 Å². The predicted octanol–water partition coefficient (Wildman–Crippen LogP) is 2.25. The number of hydrogen-bond donors (Lipinski definition) is 1. The van der Waals surface area contributed by atoms with Crippen LogP contribution in [0.3, 0.4) is 0 Å². The second kappa shape index (κ2) is 3.48. The molecule has 0 heterocycles. The van der Waals surface area contributed by atoms with E-state index in [-0.39, 0.29) is 0 Å². The minimum absolute atomic E-state index is 0.553. The molecule has 1 atom stereocenters. The van der Waals surface area contributed by atoms with Gasteiger partial charge in [0.2, 0.25) is 0 Å². The molecule has 0 fully saturated rings. The van der Waals surface area contributed by atoms with E-state index in [1.807, 2.05) is 36.4 Å². The number of carbonyl (C=O) groups excluding carboxylic acids is 1. The Balaban J connectivity index is 2.61. The lowest BCUT2D eigenvalue weighted by Gasteiger charge is -2.16. The Morgan fingerprint density at radius 3 is 2.47 bits per heavy atom. The Labute approximate surface area is 88.2 Å². The number of rotatable bonds is 2. The number of benzene rings is 2. The van der Waals surface area contributed by atoms with Crippen LogP contribution in [0.15, 0.2) is 42.5 Å². The third-order valence-corrected chi connectivity index (χ3v) is 2.56. The Morgan fingerprint density at radius 2 is 1.80 bits per heavy atom. The fourth-order valence-electron chi connectivity index (χ4n) is 1.57. The quantitative estimate of drug-likeness (QED) is 0.755. The number of carbonyl (C=O) groups is 1. The summed E-state index contributed by atoms with van der Waals surface area (Å²) in [5, 5.41) is 11.9. The molecule has 0 aliphatic heterocycles. The third kappa shape index (κ3) is 1.76. The van der Waals surface area contributed by atoms with Crippen LogP contribution in [0.2, 0.25) is 0 Å². The zero-order valence-electron chi connectivity index (χ0n) is 8.47. The maximum absolute atomic E-state index is 10.7. The van der Waals surface area contributed by atoms with E-state index >= 15 is 0 Å². The maximum Gasteiger partial charge on any atom is 0.155 e. The minimum Gasteiger partial charge on any atom is -0.378 e. The summed E-state index contributed by atoms with van der Waals surface area (Å²) in [6.45, 7) is 1.49. The Kier molecular flexibility index (Phi) is 2.29. The minimum atomic E-state index is -1.40. The van der Waals surface area contributed by atoms with Gasteiger partial charge in [-0.15, -0.1) is 0 Å². The number of aliphatic hydroxyl groups is 1. The molecule has 76 valence electrons. The maximum atomic E-state index is 10.7. The van der Waals surface area contributed by atoms with Crippen LogP contribution in [0, 0.1) is 0 Å². The molecule has 2 rings (SSSR count). The summed E-state index contributed by atoms with van der Waals surface area (Å²) in [7, 11) is 0. The first-order chi connectivity index (χ1) is 7.13. The molecule has 2 aromatic carbocycles. The summed E-state index contributed by atoms with van der Waals surface area (Å²) >= 11 is 0. The van der Waals surface area contributed by atoms with Crippen molar-refractivity contribution in [2.45, 2.75) is 12.5 Å². The van der Waals surface area contributed by atoms with Crippen molar-refractivity contribution in [1.29, 1.82) is 0 Å². The number of hydrogen-bond acceptors (Lipinski definition) is 2. The molecular formula is C13H12O2. The molecule has 0 unspecified atom stereocenters. The third-order valence-electron chi connectivity index (χ3n) is 2.56. The summed E-state index contributed by atoms with van der Waals surface area (Å²) in [6, 6.07) is 13.4. The normalized spacial score (nSPS) is 14.8. The van der Waals surface area contributed by atoms with E-state index in [1.165, 1.54) is 6.92 Å². The second-order valence-corrected chi connectivity index (χ2v) is 3.83. The van der Waals surface area contributed by atoms with Crippen molar-refractivity contribution in [3.05, 3.63) is 48.0 Å². The van der Waals surface area contributed by atoms with Crippen LogP contribution in [-0.4, -0.2) is 11.4 Å². The first-order valence-corrected chi connectivity index (χ1v) is 4.81. The first kappa shape index (κ1) is 9.87. The molecule has 2 aromatic rings. The van der Waals surface area contributed by atoms with E-state index in [1.54, 1.807) is 6.07 Å². The van der Waals surface area contributed by atoms with Gasteiger partial charge in [0.1, 0.15) is 5.60 Å². The molecule has 0 saturated heterocycles. The molecule has 0 aliphatic rings. The van der Waals surface area contributed by atoms with Gasteiger partial charge in [0.25, 0.3) is 0 Å². The van der Waals surface area contributed by atoms with E-state index < -0.39 is 5.60 Å². The standard InChI is InChI=1S/C13H12O2/c1-13(15,9-14)12-7-6-10-4-2-3-5-11(10)8-12/h2-9,15H,1H3/t13-/m0/s1. The Hall–Kier alpha value is -1.67. The van der Waals surface area contributed by atoms with E-state index in [4.69, 9.17) is 0 Å². The van der Waals surface area contributed by atoms with Gasteiger partial charge in [0.15, 0.2) is 6.29 Å². The van der Waals surface area contributed by atoms with Crippen LogP contribution in [0.5, 0.6) is 0 Å². The monoisotopic (exact) mass is 200 g/mol. The lowest BCUT2D eigenvalue weighted by atomic mass is 9.95. The Morgan fingerprint density at radius 1 is 1.13 bits per heavy atom. The molecule has 0 spiro atoms. The van der Waals surface area contributed by atoms with Gasteiger partial charge in [0, 0.05) is 0 Å². The summed E-state index contributed by atoms with van der Waals surface area (Å²) < 4.78 is 0. The molecule has 2 nitrogen and oxygen atoms in total. The van der Waals surface area contributed by atoms with Gasteiger partial charge in [-0.25, -0.2) is 0 Å². The van der Waals surface area contributed by atoms with E-state index in [9.17, 15) is 9.90 Å². The molecule has 0 amide bonds. The Bertz CT molecular complexity index is 501. The second-order valence-electron chi connectivity index (χ2n) is 3.83. The van der Waals surface area contributed by atoms with Gasteiger partial charge < -0.3 is 5.11 Å². The molecular weight excluding hydrogens is 188 g/mol. The summed E-state index contributed by atoms with van der Waals surface area (Å²) in [4.78, 5) is 10.7. The van der Waals surface area contributed by atoms with Crippen molar-refractivity contribution in [2.75, 3.05) is 0 Å². The van der Waals surface area contributed by atoms with Crippen LogP contribution in [0.1, 0.15) is 12.5 Å². The molecule has 0 aliphatic carbocycles. The summed E-state index contributed by atoms with van der Waals surface area (Å²) in [6.07, 6.45) is 0.553. The van der Waals surface area contributed by atoms with Gasteiger partial charge in [-0.2, -0.15) is 0 Å². The van der Waals surface area contributed by atoms with Crippen molar-refractivity contribution in [2.24, 2.45) is 0 Å². The molecule has 0 bridgehead atoms. The molecule has 15 heavy (non-hydrogen) atoms. The van der Waals surface area contributed by atoms with Gasteiger partial charge in [-0.05, 0) is 29.3 Å². The van der Waals surface area contributed by atoms with Gasteiger partial charge in [-0.1, -0.05) is 36.4 Å². The largest absolute Gasteiger partial charge is 0.378 e. The number of fused-ring (bicyclic) bond motifs is 1. The average molecular weight is 200 g/mol. The fraction of sp³-hybridized carbons (Fsp3) is 0.154. The van der Waals surface area contributed by atoms with Crippen molar-refractivity contribution in [3.63, 3.8) is 0 Å². The predicted molar refractivity (Wildman–Crippen MR) is 59.6 cm³/mol. The lowest BCUT2D eigenvalue weighted by molar-refractivity contribution is -0.123. The van der Waals surface area contributed by atoms with Crippen LogP contribution in [0.4, 0.5) is 0 Å². The summed E-state index contributed by atoms with van der Waals surface area (Å²) in [5.41, 5.74) is -0.777. The molecule has 0 saturated carbocycles. The van der Waals surface area contributed by atoms with Gasteiger partial charge in [0.05, 0.1) is 0 Å². The van der Waals surface area contributed by atoms with E-state index in [2.05, 4.69) is 0 Å². The van der Waals surface area contributed by atoms with Gasteiger partial charge in [-0.3, -0.25) is 4.79 Å². The smallest absolute Gasteiger partial charge is 0.155 e. The van der Waals surface area contributed by atoms with Crippen molar-refractivity contribution in [3.8, 4) is 0 Å². The summed E-state index contributed by atoms with van der Waals surface area (Å²) in [5.74, 6) is 0. The zero-order chi connectivity index (χ0) is 10.9. The molecule has 2 heteroatoms. The first-order valence-electron chi connectivity index (χ1n) is 4.81. The highest BCUT2D eigenvalue weighted by Gasteiger charge is 2.21. The molecule has 1 N–H and O–H groups in total. The van der Waals surface area contributed by atoms with E-state index in [0.29, 0.717) is 11.8 Å². The molecule has 0 radical (unpaired) electrons. The lowest BCUT2D eigenvalue weighted by Crippen LogP contribution is -2.22. The van der Waals surface area contributed by atoms with Crippen molar-refractivity contribution < 1.29 is 9.90 Å². The zero-order valence-corrected chi connectivity index (χ0v) is 8.47. The highest BCUT2D eigenvalue weighted by molar-refractivity contribution is 5.84. The highest BCUT2D eigenvalue weighted by atomic mass is 16.3. The average Bonchev–Trinajstić information content (AvgIpc) is 2.28. The van der Waals surface area contributed by atoms with Crippen LogP contribution < -0.4 is 0 Å². The molecule has 0 aromatic heterocycles. The SMILES string of the molecule is C[C@](O)(C=O)c1ccc2ccccc2c1. The topological polar surface area (TPSA) is 37.3 Å². The van der Waals surface area contributed by atoms with Crippen LogP contribution in [-0.2, 0) is 10.4 Å².